The van der Waals surface area contributed by atoms with Gasteiger partial charge in [0.2, 0.25) is 5.91 Å². The number of carbonyl (C=O) groups is 2. The molecule has 0 bridgehead atoms. The van der Waals surface area contributed by atoms with Crippen LogP contribution in [-0.2, 0) is 14.6 Å². The molecule has 1 aromatic rings. The van der Waals surface area contributed by atoms with Crippen LogP contribution in [0.3, 0.4) is 0 Å². The van der Waals surface area contributed by atoms with Gasteiger partial charge in [-0.25, -0.2) is 8.42 Å². The van der Waals surface area contributed by atoms with Crippen molar-refractivity contribution in [2.75, 3.05) is 18.1 Å². The minimum atomic E-state index is -3.08. The molecule has 0 aliphatic carbocycles. The minimum absolute atomic E-state index is 0.0716. The molecule has 20 heavy (non-hydrogen) atoms. The highest BCUT2D eigenvalue weighted by molar-refractivity contribution is 7.91. The van der Waals surface area contributed by atoms with Gasteiger partial charge in [0, 0.05) is 0 Å². The Kier molecular flexibility index (Phi) is 3.85. The Labute approximate surface area is 116 Å². The molecule has 0 spiro atoms. The summed E-state index contributed by atoms with van der Waals surface area (Å²) in [5.41, 5.74) is -0.759. The lowest BCUT2D eigenvalue weighted by Gasteiger charge is -2.23. The molecule has 110 valence electrons. The lowest BCUT2D eigenvalue weighted by Crippen LogP contribution is -2.50. The van der Waals surface area contributed by atoms with Crippen LogP contribution < -0.4 is 10.6 Å². The summed E-state index contributed by atoms with van der Waals surface area (Å²) >= 11 is 0. The maximum atomic E-state index is 11.7. The van der Waals surface area contributed by atoms with Crippen LogP contribution in [0.25, 0.3) is 0 Å². The average Bonchev–Trinajstić information content (AvgIpc) is 2.94. The Morgan fingerprint density at radius 3 is 2.75 bits per heavy atom. The molecule has 2 heterocycles. The summed E-state index contributed by atoms with van der Waals surface area (Å²) in [5, 5.41) is 5.05. The third-order valence-corrected chi connectivity index (χ3v) is 5.00. The van der Waals surface area contributed by atoms with Crippen molar-refractivity contribution >= 4 is 21.7 Å². The van der Waals surface area contributed by atoms with Crippen molar-refractivity contribution in [3.8, 4) is 0 Å². The third kappa shape index (κ3) is 3.60. The van der Waals surface area contributed by atoms with E-state index in [9.17, 15) is 18.0 Å². The number of rotatable bonds is 4. The van der Waals surface area contributed by atoms with Gasteiger partial charge in [-0.3, -0.25) is 9.59 Å². The Bertz CT molecular complexity index is 608. The van der Waals surface area contributed by atoms with Crippen LogP contribution in [0.1, 0.15) is 23.9 Å². The van der Waals surface area contributed by atoms with Crippen molar-refractivity contribution in [1.29, 1.82) is 0 Å². The zero-order valence-electron chi connectivity index (χ0n) is 11.0. The van der Waals surface area contributed by atoms with Crippen LogP contribution in [0.5, 0.6) is 0 Å². The van der Waals surface area contributed by atoms with E-state index in [0.717, 1.165) is 0 Å². The van der Waals surface area contributed by atoms with Gasteiger partial charge >= 0.3 is 0 Å². The van der Waals surface area contributed by atoms with E-state index < -0.39 is 27.2 Å². The third-order valence-electron chi connectivity index (χ3n) is 3.10. The molecule has 2 amide bonds. The first-order valence-corrected chi connectivity index (χ1v) is 7.95. The lowest BCUT2D eigenvalue weighted by molar-refractivity contribution is -0.121. The van der Waals surface area contributed by atoms with Crippen molar-refractivity contribution in [1.82, 2.24) is 10.6 Å². The molecule has 2 rings (SSSR count). The number of nitrogens with one attached hydrogen (secondary N) is 2. The zero-order chi connectivity index (χ0) is 14.8. The summed E-state index contributed by atoms with van der Waals surface area (Å²) in [6.45, 7) is 1.46. The van der Waals surface area contributed by atoms with E-state index in [1.165, 1.54) is 12.3 Å². The summed E-state index contributed by atoms with van der Waals surface area (Å²) in [7, 11) is -3.08. The standard InChI is InChI=1S/C12H16N2O5S/c1-12(4-6-20(17,18)8-12)14-10(15)7-13-11(16)9-3-2-5-19-9/h2-3,5H,4,6-8H2,1H3,(H,13,16)(H,14,15). The lowest BCUT2D eigenvalue weighted by atomic mass is 10.0. The summed E-state index contributed by atoms with van der Waals surface area (Å²) in [6, 6.07) is 3.05. The molecule has 8 heteroatoms. The first-order chi connectivity index (χ1) is 9.30. The van der Waals surface area contributed by atoms with Crippen LogP contribution in [0.4, 0.5) is 0 Å². The number of sulfone groups is 1. The smallest absolute Gasteiger partial charge is 0.287 e. The summed E-state index contributed by atoms with van der Waals surface area (Å²) in [4.78, 5) is 23.3. The normalized spacial score (nSPS) is 24.2. The monoisotopic (exact) mass is 300 g/mol. The Morgan fingerprint density at radius 1 is 1.45 bits per heavy atom. The number of hydrogen-bond donors (Lipinski definition) is 2. The van der Waals surface area contributed by atoms with Gasteiger partial charge in [-0.15, -0.1) is 0 Å². The highest BCUT2D eigenvalue weighted by atomic mass is 32.2. The average molecular weight is 300 g/mol. The molecule has 1 saturated heterocycles. The molecule has 1 aliphatic heterocycles. The Morgan fingerprint density at radius 2 is 2.20 bits per heavy atom. The highest BCUT2D eigenvalue weighted by Gasteiger charge is 2.39. The van der Waals surface area contributed by atoms with Gasteiger partial charge in [0.15, 0.2) is 15.6 Å². The van der Waals surface area contributed by atoms with E-state index >= 15 is 0 Å². The molecule has 0 radical (unpaired) electrons. The van der Waals surface area contributed by atoms with Gasteiger partial charge in [0.05, 0.1) is 29.9 Å². The number of amides is 2. The molecular formula is C12H16N2O5S. The fourth-order valence-corrected chi connectivity index (χ4v) is 4.24. The van der Waals surface area contributed by atoms with E-state index in [1.54, 1.807) is 13.0 Å². The molecule has 0 saturated carbocycles. The van der Waals surface area contributed by atoms with Gasteiger partial charge in [-0.05, 0) is 25.5 Å². The van der Waals surface area contributed by atoms with Gasteiger partial charge in [0.25, 0.3) is 5.91 Å². The van der Waals surface area contributed by atoms with Crippen molar-refractivity contribution < 1.29 is 22.4 Å². The fourth-order valence-electron chi connectivity index (χ4n) is 2.15. The zero-order valence-corrected chi connectivity index (χ0v) is 11.8. The van der Waals surface area contributed by atoms with Crippen LogP contribution in [0.15, 0.2) is 22.8 Å². The SMILES string of the molecule is CC1(NC(=O)CNC(=O)c2ccco2)CCS(=O)(=O)C1. The molecule has 0 aromatic carbocycles. The minimum Gasteiger partial charge on any atom is -0.459 e. The van der Waals surface area contributed by atoms with Gasteiger partial charge in [-0.2, -0.15) is 0 Å². The van der Waals surface area contributed by atoms with Crippen molar-refractivity contribution in [3.05, 3.63) is 24.2 Å². The summed E-state index contributed by atoms with van der Waals surface area (Å²) in [5.74, 6) is -0.799. The topological polar surface area (TPSA) is 105 Å². The molecular weight excluding hydrogens is 284 g/mol. The molecule has 2 N–H and O–H groups in total. The maximum Gasteiger partial charge on any atom is 0.287 e. The second-order valence-electron chi connectivity index (χ2n) is 5.11. The summed E-state index contributed by atoms with van der Waals surface area (Å²) in [6.07, 6.45) is 1.74. The molecule has 1 aliphatic rings. The van der Waals surface area contributed by atoms with Gasteiger partial charge < -0.3 is 15.1 Å². The molecule has 7 nitrogen and oxygen atoms in total. The molecule has 1 atom stereocenters. The first kappa shape index (κ1) is 14.6. The predicted molar refractivity (Wildman–Crippen MR) is 70.9 cm³/mol. The van der Waals surface area contributed by atoms with E-state index in [2.05, 4.69) is 10.6 Å². The number of furan rings is 1. The molecule has 1 unspecified atom stereocenters. The van der Waals surface area contributed by atoms with Crippen LogP contribution in [0, 0.1) is 0 Å². The second-order valence-corrected chi connectivity index (χ2v) is 7.29. The Hall–Kier alpha value is -1.83. The number of hydrogen-bond acceptors (Lipinski definition) is 5. The van der Waals surface area contributed by atoms with Gasteiger partial charge in [-0.1, -0.05) is 0 Å². The molecule has 1 fully saturated rings. The first-order valence-electron chi connectivity index (χ1n) is 6.13. The van der Waals surface area contributed by atoms with Crippen molar-refractivity contribution in [2.24, 2.45) is 0 Å². The van der Waals surface area contributed by atoms with Crippen molar-refractivity contribution in [3.63, 3.8) is 0 Å². The van der Waals surface area contributed by atoms with E-state index in [1.807, 2.05) is 0 Å². The van der Waals surface area contributed by atoms with E-state index in [0.29, 0.717) is 6.42 Å². The largest absolute Gasteiger partial charge is 0.459 e. The van der Waals surface area contributed by atoms with Crippen LogP contribution in [0.2, 0.25) is 0 Å². The van der Waals surface area contributed by atoms with Crippen molar-refractivity contribution in [2.45, 2.75) is 18.9 Å². The predicted octanol–water partition coefficient (Wildman–Crippen LogP) is -0.297. The van der Waals surface area contributed by atoms with Gasteiger partial charge in [0.1, 0.15) is 0 Å². The Balaban J connectivity index is 1.83. The van der Waals surface area contributed by atoms with E-state index in [-0.39, 0.29) is 23.8 Å². The highest BCUT2D eigenvalue weighted by Crippen LogP contribution is 2.22. The molecule has 1 aromatic heterocycles. The van der Waals surface area contributed by atoms with Crippen LogP contribution >= 0.6 is 0 Å². The summed E-state index contributed by atoms with van der Waals surface area (Å²) < 4.78 is 27.7. The maximum absolute atomic E-state index is 11.7. The quantitative estimate of drug-likeness (QED) is 0.794. The fraction of sp³-hybridized carbons (Fsp3) is 0.500. The number of carbonyl (C=O) groups excluding carboxylic acids is 2. The van der Waals surface area contributed by atoms with Crippen LogP contribution in [-0.4, -0.2) is 43.8 Å². The second kappa shape index (κ2) is 5.28. The van der Waals surface area contributed by atoms with E-state index in [4.69, 9.17) is 4.42 Å².